The molecule has 0 saturated heterocycles. The molecule has 0 radical (unpaired) electrons. The number of rotatable bonds is 5. The van der Waals surface area contributed by atoms with Gasteiger partial charge in [0.15, 0.2) is 0 Å². The van der Waals surface area contributed by atoms with Crippen LogP contribution in [0.25, 0.3) is 115 Å². The highest BCUT2D eigenvalue weighted by Crippen LogP contribution is 2.44. The molecule has 270 valence electrons. The van der Waals surface area contributed by atoms with Gasteiger partial charge in [-0.1, -0.05) is 152 Å². The number of aromatic nitrogens is 2. The summed E-state index contributed by atoms with van der Waals surface area (Å²) in [6.45, 7) is 0. The van der Waals surface area contributed by atoms with Crippen LogP contribution >= 0.6 is 11.3 Å². The van der Waals surface area contributed by atoms with E-state index in [2.05, 4.69) is 210 Å². The zero-order valence-electron chi connectivity index (χ0n) is 31.4. The van der Waals surface area contributed by atoms with Gasteiger partial charge in [0.25, 0.3) is 0 Å². The lowest BCUT2D eigenvalue weighted by atomic mass is 9.91. The molecule has 0 unspecified atom stereocenters. The van der Waals surface area contributed by atoms with E-state index in [1.807, 2.05) is 11.3 Å². The Bertz CT molecular complexity index is 3490. The van der Waals surface area contributed by atoms with E-state index in [1.54, 1.807) is 0 Å². The van der Waals surface area contributed by atoms with Gasteiger partial charge in [0.05, 0.1) is 28.1 Å². The lowest BCUT2D eigenvalue weighted by Crippen LogP contribution is -1.98. The predicted molar refractivity (Wildman–Crippen MR) is 248 cm³/mol. The van der Waals surface area contributed by atoms with Crippen LogP contribution in [0.4, 0.5) is 0 Å². The van der Waals surface area contributed by atoms with Crippen molar-refractivity contribution >= 4 is 75.5 Å². The summed E-state index contributed by atoms with van der Waals surface area (Å²) in [4.78, 5) is 5.27. The molecule has 3 aromatic heterocycles. The van der Waals surface area contributed by atoms with E-state index in [0.29, 0.717) is 0 Å². The Morgan fingerprint density at radius 2 is 0.914 bits per heavy atom. The first-order valence-electron chi connectivity index (χ1n) is 19.8. The summed E-state index contributed by atoms with van der Waals surface area (Å²) in [5.41, 5.74) is 12.4. The average molecular weight is 755 g/mol. The van der Waals surface area contributed by atoms with Crippen LogP contribution in [0.3, 0.4) is 0 Å². The molecule has 3 heterocycles. The Labute approximate surface area is 339 Å². The summed E-state index contributed by atoms with van der Waals surface area (Å²) in [5.74, 6) is 0. The van der Waals surface area contributed by atoms with E-state index >= 15 is 0 Å². The predicted octanol–water partition coefficient (Wildman–Crippen LogP) is 15.5. The van der Waals surface area contributed by atoms with E-state index in [1.165, 1.54) is 80.9 Å². The minimum Gasteiger partial charge on any atom is -0.309 e. The van der Waals surface area contributed by atoms with Gasteiger partial charge in [-0.25, -0.2) is 4.98 Å². The van der Waals surface area contributed by atoms with Crippen molar-refractivity contribution < 1.29 is 0 Å². The van der Waals surface area contributed by atoms with E-state index in [9.17, 15) is 0 Å². The van der Waals surface area contributed by atoms with Gasteiger partial charge in [-0.05, 0) is 114 Å². The van der Waals surface area contributed by atoms with Crippen LogP contribution in [0.15, 0.2) is 206 Å². The standard InChI is InChI=1S/C55H34N2S/c1-4-13-35(14-5-1)39-24-26-53-49(29-39)50-33-47-44-21-11-10-20-43(44)45-25-23-40(42-22-12-19-38-27-28-58-55(38)42)30-46(45)48(47)34-54(50)57(53)41-31-51(36-15-6-2-7-16-36)56-52(32-41)37-17-8-3-9-18-37/h1-34H. The van der Waals surface area contributed by atoms with Crippen LogP contribution in [0.5, 0.6) is 0 Å². The minimum atomic E-state index is 0.942. The highest BCUT2D eigenvalue weighted by atomic mass is 32.1. The number of fused-ring (bicyclic) bond motifs is 10. The van der Waals surface area contributed by atoms with E-state index in [-0.39, 0.29) is 0 Å². The first kappa shape index (κ1) is 32.9. The van der Waals surface area contributed by atoms with Crippen molar-refractivity contribution in [3.05, 3.63) is 206 Å². The molecule has 58 heavy (non-hydrogen) atoms. The topological polar surface area (TPSA) is 17.8 Å². The third kappa shape index (κ3) is 5.21. The third-order valence-electron chi connectivity index (χ3n) is 11.8. The molecule has 9 aromatic carbocycles. The van der Waals surface area contributed by atoms with E-state index in [0.717, 1.165) is 33.7 Å². The molecule has 0 saturated carbocycles. The van der Waals surface area contributed by atoms with Gasteiger partial charge in [0.1, 0.15) is 0 Å². The molecule has 0 aliphatic rings. The third-order valence-corrected chi connectivity index (χ3v) is 12.8. The van der Waals surface area contributed by atoms with Gasteiger partial charge in [0, 0.05) is 26.6 Å². The summed E-state index contributed by atoms with van der Waals surface area (Å²) >= 11 is 1.81. The molecule has 0 aliphatic carbocycles. The molecule has 3 heteroatoms. The van der Waals surface area contributed by atoms with Crippen molar-refractivity contribution in [1.82, 2.24) is 9.55 Å². The van der Waals surface area contributed by atoms with Crippen LogP contribution in [0.1, 0.15) is 0 Å². The number of nitrogens with zero attached hydrogens (tertiary/aromatic N) is 2. The van der Waals surface area contributed by atoms with Crippen LogP contribution < -0.4 is 0 Å². The zero-order chi connectivity index (χ0) is 38.2. The number of hydrogen-bond donors (Lipinski definition) is 0. The van der Waals surface area contributed by atoms with E-state index in [4.69, 9.17) is 4.98 Å². The van der Waals surface area contributed by atoms with Gasteiger partial charge in [-0.3, -0.25) is 0 Å². The number of benzene rings is 9. The summed E-state index contributed by atoms with van der Waals surface area (Å²) in [6.07, 6.45) is 0. The summed E-state index contributed by atoms with van der Waals surface area (Å²) < 4.78 is 3.79. The molecule has 12 rings (SSSR count). The van der Waals surface area contributed by atoms with Crippen molar-refractivity contribution in [3.63, 3.8) is 0 Å². The van der Waals surface area contributed by atoms with E-state index < -0.39 is 0 Å². The molecule has 0 atom stereocenters. The summed E-state index contributed by atoms with van der Waals surface area (Å²) in [5, 5.41) is 13.5. The average Bonchev–Trinajstić information content (AvgIpc) is 3.92. The maximum Gasteiger partial charge on any atom is 0.0730 e. The first-order chi connectivity index (χ1) is 28.7. The maximum atomic E-state index is 5.27. The molecule has 12 aromatic rings. The number of hydrogen-bond acceptors (Lipinski definition) is 2. The monoisotopic (exact) mass is 754 g/mol. The highest BCUT2D eigenvalue weighted by Gasteiger charge is 2.20. The fourth-order valence-corrected chi connectivity index (χ4v) is 10.0. The van der Waals surface area contributed by atoms with Crippen molar-refractivity contribution in [3.8, 4) is 50.5 Å². The SMILES string of the molecule is c1ccc(-c2ccc3c(c2)c2cc4c5ccccc5c5ccc(-c6cccc7ccsc67)cc5c4cc2n3-c2cc(-c3ccccc3)nc(-c3ccccc3)c2)cc1. The lowest BCUT2D eigenvalue weighted by Gasteiger charge is -2.15. The fraction of sp³-hybridized carbons (Fsp3) is 0. The smallest absolute Gasteiger partial charge is 0.0730 e. The van der Waals surface area contributed by atoms with Crippen LogP contribution in [-0.4, -0.2) is 9.55 Å². The minimum absolute atomic E-state index is 0.942. The molecule has 2 nitrogen and oxygen atoms in total. The second kappa shape index (κ2) is 13.1. The highest BCUT2D eigenvalue weighted by molar-refractivity contribution is 7.17. The van der Waals surface area contributed by atoms with Crippen molar-refractivity contribution in [2.45, 2.75) is 0 Å². The van der Waals surface area contributed by atoms with Gasteiger partial charge in [-0.15, -0.1) is 11.3 Å². The fourth-order valence-electron chi connectivity index (χ4n) is 9.10. The van der Waals surface area contributed by atoms with Crippen molar-refractivity contribution in [1.29, 1.82) is 0 Å². The molecule has 0 spiro atoms. The Morgan fingerprint density at radius 3 is 1.64 bits per heavy atom. The second-order valence-corrected chi connectivity index (χ2v) is 16.0. The first-order valence-corrected chi connectivity index (χ1v) is 20.6. The second-order valence-electron chi connectivity index (χ2n) is 15.1. The Kier molecular flexibility index (Phi) is 7.44. The number of thiophene rings is 1. The molecule has 0 fully saturated rings. The normalized spacial score (nSPS) is 11.8. The van der Waals surface area contributed by atoms with Gasteiger partial charge in [0.2, 0.25) is 0 Å². The molecule has 0 amide bonds. The molecule has 0 bridgehead atoms. The molecule has 0 aliphatic heterocycles. The van der Waals surface area contributed by atoms with Crippen LogP contribution in [-0.2, 0) is 0 Å². The lowest BCUT2D eigenvalue weighted by molar-refractivity contribution is 1.16. The van der Waals surface area contributed by atoms with Gasteiger partial charge < -0.3 is 4.57 Å². The molecular weight excluding hydrogens is 721 g/mol. The zero-order valence-corrected chi connectivity index (χ0v) is 32.2. The molecule has 0 N–H and O–H groups in total. The van der Waals surface area contributed by atoms with Crippen LogP contribution in [0.2, 0.25) is 0 Å². The van der Waals surface area contributed by atoms with Gasteiger partial charge in [-0.2, -0.15) is 0 Å². The van der Waals surface area contributed by atoms with Gasteiger partial charge >= 0.3 is 0 Å². The summed E-state index contributed by atoms with van der Waals surface area (Å²) in [7, 11) is 0. The van der Waals surface area contributed by atoms with Crippen molar-refractivity contribution in [2.75, 3.05) is 0 Å². The molecular formula is C55H34N2S. The Hall–Kier alpha value is -7.33. The Balaban J connectivity index is 1.22. The quantitative estimate of drug-likeness (QED) is 0.160. The van der Waals surface area contributed by atoms with Crippen molar-refractivity contribution in [2.24, 2.45) is 0 Å². The number of pyridine rings is 1. The maximum absolute atomic E-state index is 5.27. The van der Waals surface area contributed by atoms with Crippen LogP contribution in [0, 0.1) is 0 Å². The Morgan fingerprint density at radius 1 is 0.345 bits per heavy atom. The summed E-state index contributed by atoms with van der Waals surface area (Å²) in [6, 6.07) is 73.1. The largest absolute Gasteiger partial charge is 0.309 e.